The molecule has 0 fully saturated rings. The number of carbonyl (C=O) groups excluding carboxylic acids is 1. The lowest BCUT2D eigenvalue weighted by Gasteiger charge is -2.29. The van der Waals surface area contributed by atoms with Gasteiger partial charge in [-0.15, -0.1) is 5.10 Å². The second-order valence-corrected chi connectivity index (χ2v) is 12.5. The second-order valence-electron chi connectivity index (χ2n) is 10.6. The lowest BCUT2D eigenvalue weighted by molar-refractivity contribution is -0.132. The lowest BCUT2D eigenvalue weighted by Crippen LogP contribution is -2.24. The third-order valence-electron chi connectivity index (χ3n) is 5.56. The van der Waals surface area contributed by atoms with E-state index in [2.05, 4.69) is 67.6 Å². The van der Waals surface area contributed by atoms with Crippen molar-refractivity contribution in [2.45, 2.75) is 59.3 Å². The molecule has 2 heterocycles. The van der Waals surface area contributed by atoms with Gasteiger partial charge >= 0.3 is 5.97 Å². The van der Waals surface area contributed by atoms with Crippen LogP contribution < -0.4 is 14.8 Å². The molecule has 6 nitrogen and oxygen atoms in total. The van der Waals surface area contributed by atoms with Crippen LogP contribution in [-0.2, 0) is 15.6 Å². The highest BCUT2D eigenvalue weighted by atomic mass is 79.9. The summed E-state index contributed by atoms with van der Waals surface area (Å²) in [4.78, 5) is 30.2. The minimum atomic E-state index is -0.355. The Morgan fingerprint density at radius 1 is 1.03 bits per heavy atom. The SMILES string of the molecule is CC(=O)Oc1c(C(C)(C)C)cc(/C=c2\sc3nc(-c4ccc(Br)cc4)nn3c2=O)cc1C(C)(C)C. The minimum Gasteiger partial charge on any atom is -0.426 e. The highest BCUT2D eigenvalue weighted by molar-refractivity contribution is 9.10. The summed E-state index contributed by atoms with van der Waals surface area (Å²) in [6.45, 7) is 13.9. The van der Waals surface area contributed by atoms with Crippen molar-refractivity contribution in [3.63, 3.8) is 0 Å². The smallest absolute Gasteiger partial charge is 0.308 e. The molecule has 0 radical (unpaired) electrons. The van der Waals surface area contributed by atoms with Gasteiger partial charge in [0.1, 0.15) is 5.75 Å². The number of hydrogen-bond acceptors (Lipinski definition) is 6. The Labute approximate surface area is 216 Å². The third-order valence-corrected chi connectivity index (χ3v) is 7.04. The molecule has 2 aromatic carbocycles. The van der Waals surface area contributed by atoms with Crippen LogP contribution >= 0.6 is 27.3 Å². The van der Waals surface area contributed by atoms with E-state index in [1.54, 1.807) is 0 Å². The molecule has 0 saturated carbocycles. The van der Waals surface area contributed by atoms with Crippen molar-refractivity contribution in [3.05, 3.63) is 72.4 Å². The Morgan fingerprint density at radius 3 is 2.09 bits per heavy atom. The zero-order valence-corrected chi connectivity index (χ0v) is 23.3. The highest BCUT2D eigenvalue weighted by Gasteiger charge is 2.28. The first kappa shape index (κ1) is 25.3. The largest absolute Gasteiger partial charge is 0.426 e. The summed E-state index contributed by atoms with van der Waals surface area (Å²) in [5, 5.41) is 4.45. The van der Waals surface area contributed by atoms with E-state index in [1.807, 2.05) is 42.5 Å². The van der Waals surface area contributed by atoms with Crippen molar-refractivity contribution < 1.29 is 9.53 Å². The number of halogens is 1. The van der Waals surface area contributed by atoms with Crippen LogP contribution in [0.15, 0.2) is 45.7 Å². The average Bonchev–Trinajstić information content (AvgIpc) is 3.27. The van der Waals surface area contributed by atoms with E-state index >= 15 is 0 Å². The van der Waals surface area contributed by atoms with Gasteiger partial charge in [0, 0.05) is 28.1 Å². The van der Waals surface area contributed by atoms with E-state index in [0.29, 0.717) is 21.1 Å². The van der Waals surface area contributed by atoms with Crippen LogP contribution in [0.3, 0.4) is 0 Å². The zero-order valence-electron chi connectivity index (χ0n) is 20.9. The fourth-order valence-corrected chi connectivity index (χ4v) is 4.98. The quantitative estimate of drug-likeness (QED) is 0.242. The summed E-state index contributed by atoms with van der Waals surface area (Å²) in [5.74, 6) is 0.758. The van der Waals surface area contributed by atoms with Gasteiger partial charge in [0.25, 0.3) is 5.56 Å². The summed E-state index contributed by atoms with van der Waals surface area (Å²) in [7, 11) is 0. The molecule has 0 bridgehead atoms. The normalized spacial score (nSPS) is 13.0. The zero-order chi connectivity index (χ0) is 25.7. The summed E-state index contributed by atoms with van der Waals surface area (Å²) < 4.78 is 8.58. The first-order valence-electron chi connectivity index (χ1n) is 11.3. The number of nitrogens with zero attached hydrogens (tertiary/aromatic N) is 3. The lowest BCUT2D eigenvalue weighted by atomic mass is 9.78. The van der Waals surface area contributed by atoms with E-state index in [4.69, 9.17) is 4.74 Å². The first-order chi connectivity index (χ1) is 16.2. The molecule has 2 aromatic heterocycles. The molecule has 0 spiro atoms. The second kappa shape index (κ2) is 8.99. The molecule has 0 atom stereocenters. The van der Waals surface area contributed by atoms with Crippen LogP contribution in [0.5, 0.6) is 5.75 Å². The van der Waals surface area contributed by atoms with E-state index in [0.717, 1.165) is 26.7 Å². The van der Waals surface area contributed by atoms with Crippen molar-refractivity contribution >= 4 is 44.3 Å². The Morgan fingerprint density at radius 2 is 1.60 bits per heavy atom. The number of esters is 1. The predicted octanol–water partition coefficient (Wildman–Crippen LogP) is 5.65. The van der Waals surface area contributed by atoms with Gasteiger partial charge in [-0.05, 0) is 46.7 Å². The average molecular weight is 555 g/mol. The summed E-state index contributed by atoms with van der Waals surface area (Å²) in [6.07, 6.45) is 1.87. The van der Waals surface area contributed by atoms with Crippen molar-refractivity contribution in [3.8, 4) is 17.1 Å². The Hall–Kier alpha value is -2.84. The maximum absolute atomic E-state index is 13.2. The van der Waals surface area contributed by atoms with Crippen LogP contribution in [0.4, 0.5) is 0 Å². The molecular formula is C27H28BrN3O3S. The fourth-order valence-electron chi connectivity index (χ4n) is 3.81. The highest BCUT2D eigenvalue weighted by Crippen LogP contribution is 2.41. The molecule has 0 N–H and O–H groups in total. The van der Waals surface area contributed by atoms with Crippen LogP contribution in [0, 0.1) is 0 Å². The maximum Gasteiger partial charge on any atom is 0.308 e. The Kier molecular flexibility index (Phi) is 6.49. The number of thiazole rings is 1. The summed E-state index contributed by atoms with van der Waals surface area (Å²) in [6, 6.07) is 11.6. The molecular weight excluding hydrogens is 526 g/mol. The summed E-state index contributed by atoms with van der Waals surface area (Å²) >= 11 is 4.73. The van der Waals surface area contributed by atoms with Gasteiger partial charge in [-0.3, -0.25) is 9.59 Å². The van der Waals surface area contributed by atoms with Crippen LogP contribution in [0.25, 0.3) is 22.4 Å². The van der Waals surface area contributed by atoms with E-state index in [-0.39, 0.29) is 22.4 Å². The van der Waals surface area contributed by atoms with Crippen LogP contribution in [0.2, 0.25) is 0 Å². The maximum atomic E-state index is 13.2. The van der Waals surface area contributed by atoms with Gasteiger partial charge in [0.2, 0.25) is 4.96 Å². The molecule has 0 unspecified atom stereocenters. The number of hydrogen-bond donors (Lipinski definition) is 0. The molecule has 0 amide bonds. The molecule has 0 aliphatic carbocycles. The van der Waals surface area contributed by atoms with E-state index in [9.17, 15) is 9.59 Å². The molecule has 8 heteroatoms. The monoisotopic (exact) mass is 553 g/mol. The van der Waals surface area contributed by atoms with Gasteiger partial charge in [0.15, 0.2) is 5.82 Å². The van der Waals surface area contributed by atoms with Gasteiger partial charge in [-0.25, -0.2) is 0 Å². The number of benzene rings is 2. The molecule has 0 aliphatic rings. The Balaban J connectivity index is 1.88. The van der Waals surface area contributed by atoms with Gasteiger partial charge in [-0.2, -0.15) is 9.50 Å². The summed E-state index contributed by atoms with van der Waals surface area (Å²) in [5.41, 5.74) is 2.77. The molecule has 4 aromatic rings. The molecule has 35 heavy (non-hydrogen) atoms. The topological polar surface area (TPSA) is 73.6 Å². The van der Waals surface area contributed by atoms with E-state index in [1.165, 1.54) is 22.8 Å². The fraction of sp³-hybridized carbons (Fsp3) is 0.333. The van der Waals surface area contributed by atoms with Crippen molar-refractivity contribution in [2.24, 2.45) is 0 Å². The Bertz CT molecular complexity index is 1500. The van der Waals surface area contributed by atoms with Crippen molar-refractivity contribution in [1.29, 1.82) is 0 Å². The van der Waals surface area contributed by atoms with Crippen molar-refractivity contribution in [2.75, 3.05) is 0 Å². The third kappa shape index (κ3) is 5.23. The molecule has 0 aliphatic heterocycles. The van der Waals surface area contributed by atoms with Gasteiger partial charge < -0.3 is 4.74 Å². The molecule has 0 saturated heterocycles. The number of rotatable bonds is 3. The first-order valence-corrected chi connectivity index (χ1v) is 12.9. The number of fused-ring (bicyclic) bond motifs is 1. The van der Waals surface area contributed by atoms with Gasteiger partial charge in [0.05, 0.1) is 4.53 Å². The van der Waals surface area contributed by atoms with Gasteiger partial charge in [-0.1, -0.05) is 80.9 Å². The van der Waals surface area contributed by atoms with Crippen LogP contribution in [-0.4, -0.2) is 20.6 Å². The van der Waals surface area contributed by atoms with E-state index < -0.39 is 0 Å². The number of aromatic nitrogens is 3. The van der Waals surface area contributed by atoms with Crippen LogP contribution in [0.1, 0.15) is 65.2 Å². The number of carbonyl (C=O) groups is 1. The van der Waals surface area contributed by atoms with Crippen molar-refractivity contribution in [1.82, 2.24) is 14.6 Å². The number of ether oxygens (including phenoxy) is 1. The predicted molar refractivity (Wildman–Crippen MR) is 144 cm³/mol. The molecule has 4 rings (SSSR count). The minimum absolute atomic E-state index is 0.209. The standard InChI is InChI=1S/C27H28BrN3O3S/c1-15(32)34-22-19(26(2,3)4)12-16(13-20(22)27(5,6)7)14-21-24(33)31-25(35-21)29-23(30-31)17-8-10-18(28)11-9-17/h8-14H,1-7H3/b21-14-. The molecule has 182 valence electrons.